The lowest BCUT2D eigenvalue weighted by Crippen LogP contribution is -1.86. The summed E-state index contributed by atoms with van der Waals surface area (Å²) in [6.45, 7) is 0. The van der Waals surface area contributed by atoms with Crippen molar-refractivity contribution in [2.75, 3.05) is 12.5 Å². The molecule has 26 valence electrons. The minimum Gasteiger partial charge on any atom is -0.617 e. The van der Waals surface area contributed by atoms with E-state index in [0.29, 0.717) is 0 Å². The van der Waals surface area contributed by atoms with E-state index in [1.165, 1.54) is 6.26 Å². The maximum absolute atomic E-state index is 9.74. The SMILES string of the molecule is [2H]C[S+](C)[O-]. The fourth-order valence-corrected chi connectivity index (χ4v) is 0. The van der Waals surface area contributed by atoms with Crippen molar-refractivity contribution in [1.29, 1.82) is 0 Å². The molecule has 0 aromatic heterocycles. The van der Waals surface area contributed by atoms with Crippen LogP contribution in [0.15, 0.2) is 0 Å². The number of hydrogen-bond acceptors (Lipinski definition) is 1. The van der Waals surface area contributed by atoms with Crippen LogP contribution in [-0.4, -0.2) is 17.0 Å². The molecule has 1 unspecified atom stereocenters. The molecule has 1 nitrogen and oxygen atoms in total. The van der Waals surface area contributed by atoms with E-state index in [2.05, 4.69) is 0 Å². The van der Waals surface area contributed by atoms with E-state index in [9.17, 15) is 4.55 Å². The zero-order valence-electron chi connectivity index (χ0n) is 3.52. The Hall–Kier alpha value is 0.310. The highest BCUT2D eigenvalue weighted by molar-refractivity contribution is 7.89. The summed E-state index contributed by atoms with van der Waals surface area (Å²) in [6, 6.07) is 0. The lowest BCUT2D eigenvalue weighted by atomic mass is 11.9. The van der Waals surface area contributed by atoms with Crippen molar-refractivity contribution in [1.82, 2.24) is 0 Å². The molecule has 0 rings (SSSR count). The second-order valence-corrected chi connectivity index (χ2v) is 1.72. The molecule has 0 aliphatic rings. The van der Waals surface area contributed by atoms with Gasteiger partial charge in [0.25, 0.3) is 0 Å². The summed E-state index contributed by atoms with van der Waals surface area (Å²) in [5.74, 6) is 0. The predicted octanol–water partition coefficient (Wildman–Crippen LogP) is -0.00530. The zero-order valence-corrected chi connectivity index (χ0v) is 3.34. The molecule has 0 saturated carbocycles. The molecule has 0 fully saturated rings. The highest BCUT2D eigenvalue weighted by Crippen LogP contribution is 1.61. The second kappa shape index (κ2) is 1.61. The van der Waals surface area contributed by atoms with Crippen LogP contribution in [0, 0.1) is 0 Å². The molecule has 0 bridgehead atoms. The summed E-state index contributed by atoms with van der Waals surface area (Å²) >= 11 is -0.906. The Morgan fingerprint density at radius 3 is 2.50 bits per heavy atom. The average Bonchev–Trinajstić information content (AvgIpc) is 1.38. The first-order chi connectivity index (χ1) is 2.27. The molecule has 0 N–H and O–H groups in total. The van der Waals surface area contributed by atoms with Crippen molar-refractivity contribution >= 4 is 11.2 Å². The van der Waals surface area contributed by atoms with Crippen LogP contribution in [0.25, 0.3) is 0 Å². The van der Waals surface area contributed by atoms with Gasteiger partial charge in [-0.1, -0.05) is 11.2 Å². The van der Waals surface area contributed by atoms with E-state index in [-0.39, 0.29) is 6.23 Å². The third kappa shape index (κ3) is 41.3. The molecule has 0 aliphatic carbocycles. The van der Waals surface area contributed by atoms with Crippen LogP contribution in [0.3, 0.4) is 0 Å². The lowest BCUT2D eigenvalue weighted by molar-refractivity contribution is 0.606. The molecule has 2 heteroatoms. The number of hydrogen-bond donors (Lipinski definition) is 0. The van der Waals surface area contributed by atoms with Gasteiger partial charge in [-0.2, -0.15) is 0 Å². The molecule has 0 heterocycles. The molecule has 4 heavy (non-hydrogen) atoms. The molecule has 0 aromatic rings. The van der Waals surface area contributed by atoms with Gasteiger partial charge in [0.2, 0.25) is 0 Å². The van der Waals surface area contributed by atoms with Gasteiger partial charge >= 0.3 is 0 Å². The molecule has 0 saturated heterocycles. The van der Waals surface area contributed by atoms with Crippen LogP contribution in [0.2, 0.25) is 0 Å². The molecule has 0 radical (unpaired) electrons. The molecule has 1 atom stereocenters. The predicted molar refractivity (Wildman–Crippen MR) is 20.0 cm³/mol. The van der Waals surface area contributed by atoms with Gasteiger partial charge in [-0.05, 0) is 0 Å². The van der Waals surface area contributed by atoms with Crippen molar-refractivity contribution in [2.45, 2.75) is 0 Å². The first-order valence-electron chi connectivity index (χ1n) is 1.57. The molecule has 0 aromatic carbocycles. The van der Waals surface area contributed by atoms with Crippen LogP contribution in [0.4, 0.5) is 0 Å². The molecule has 0 aliphatic heterocycles. The van der Waals surface area contributed by atoms with Crippen molar-refractivity contribution in [3.63, 3.8) is 0 Å². The standard InChI is InChI=1S/C2H6OS/c1-4(2)3/h1-2H3/i1D. The maximum atomic E-state index is 9.74. The van der Waals surface area contributed by atoms with E-state index >= 15 is 0 Å². The van der Waals surface area contributed by atoms with Gasteiger partial charge in [-0.3, -0.25) is 0 Å². The third-order valence-electron chi connectivity index (χ3n) is 0. The summed E-state index contributed by atoms with van der Waals surface area (Å²) in [6.07, 6.45) is 1.53. The van der Waals surface area contributed by atoms with Gasteiger partial charge in [0.1, 0.15) is 0 Å². The minimum absolute atomic E-state index is 0.0278. The smallest absolute Gasteiger partial charge is 0.0946 e. The summed E-state index contributed by atoms with van der Waals surface area (Å²) in [7, 11) is 0. The van der Waals surface area contributed by atoms with Gasteiger partial charge < -0.3 is 4.55 Å². The quantitative estimate of drug-likeness (QED) is 0.375. The normalized spacial score (nSPS) is 19.0. The largest absolute Gasteiger partial charge is 0.617 e. The van der Waals surface area contributed by atoms with E-state index < -0.39 is 11.2 Å². The lowest BCUT2D eigenvalue weighted by Gasteiger charge is -1.87. The Morgan fingerprint density at radius 1 is 2.25 bits per heavy atom. The highest BCUT2D eigenvalue weighted by atomic mass is 32.2. The van der Waals surface area contributed by atoms with Crippen LogP contribution < -0.4 is 0 Å². The first kappa shape index (κ1) is 2.54. The zero-order chi connectivity index (χ0) is 4.28. The van der Waals surface area contributed by atoms with Crippen LogP contribution in [-0.2, 0) is 11.2 Å². The maximum Gasteiger partial charge on any atom is 0.0946 e. The molecule has 0 spiro atoms. The van der Waals surface area contributed by atoms with E-state index in [4.69, 9.17) is 1.37 Å². The Morgan fingerprint density at radius 2 is 2.50 bits per heavy atom. The fraction of sp³-hybridized carbons (Fsp3) is 1.00. The second-order valence-electron chi connectivity index (χ2n) is 0.573. The van der Waals surface area contributed by atoms with E-state index in [1.807, 2.05) is 0 Å². The van der Waals surface area contributed by atoms with Crippen molar-refractivity contribution < 1.29 is 5.92 Å². The minimum atomic E-state index is -0.906. The van der Waals surface area contributed by atoms with E-state index in [0.717, 1.165) is 0 Å². The van der Waals surface area contributed by atoms with Gasteiger partial charge in [-0.25, -0.2) is 0 Å². The van der Waals surface area contributed by atoms with Gasteiger partial charge in [0, 0.05) is 0 Å². The molecule has 0 amide bonds. The Labute approximate surface area is 30.6 Å². The fourth-order valence-electron chi connectivity index (χ4n) is 0. The third-order valence-corrected chi connectivity index (χ3v) is 0. The highest BCUT2D eigenvalue weighted by Gasteiger charge is 1.66. The number of rotatable bonds is 0. The molecular formula is C2H6OS. The van der Waals surface area contributed by atoms with Gasteiger partial charge in [0.05, 0.1) is 13.9 Å². The average molecular weight is 79.1 g/mol. The van der Waals surface area contributed by atoms with Crippen LogP contribution in [0.5, 0.6) is 0 Å². The van der Waals surface area contributed by atoms with Gasteiger partial charge in [-0.15, -0.1) is 0 Å². The van der Waals surface area contributed by atoms with Crippen LogP contribution in [0.1, 0.15) is 1.37 Å². The Kier molecular flexibility index (Phi) is 1.02. The molecular weight excluding hydrogens is 72.1 g/mol. The van der Waals surface area contributed by atoms with Crippen molar-refractivity contribution in [2.24, 2.45) is 0 Å². The first-order valence-corrected chi connectivity index (χ1v) is 2.59. The summed E-state index contributed by atoms with van der Waals surface area (Å²) < 4.78 is 16.1. The van der Waals surface area contributed by atoms with Crippen molar-refractivity contribution in [3.05, 3.63) is 0 Å². The summed E-state index contributed by atoms with van der Waals surface area (Å²) in [4.78, 5) is 0. The summed E-state index contributed by atoms with van der Waals surface area (Å²) in [5, 5.41) is 0. The van der Waals surface area contributed by atoms with Crippen LogP contribution >= 0.6 is 0 Å². The topological polar surface area (TPSA) is 23.1 Å². The summed E-state index contributed by atoms with van der Waals surface area (Å²) in [5.41, 5.74) is 0. The van der Waals surface area contributed by atoms with Crippen molar-refractivity contribution in [3.8, 4) is 0 Å². The van der Waals surface area contributed by atoms with E-state index in [1.54, 1.807) is 0 Å². The van der Waals surface area contributed by atoms with Gasteiger partial charge in [0.15, 0.2) is 0 Å². The Balaban J connectivity index is 2.54. The Bertz CT molecular complexity index is 23.6. The monoisotopic (exact) mass is 79.0 g/mol.